The van der Waals surface area contributed by atoms with Crippen molar-refractivity contribution in [2.24, 2.45) is 5.92 Å². The molecule has 0 aromatic heterocycles. The van der Waals surface area contributed by atoms with Gasteiger partial charge in [0.2, 0.25) is 11.8 Å². The van der Waals surface area contributed by atoms with Crippen molar-refractivity contribution in [3.63, 3.8) is 0 Å². The topological polar surface area (TPSA) is 66.5 Å². The molecule has 1 heterocycles. The van der Waals surface area contributed by atoms with Crippen LogP contribution in [0, 0.1) is 5.92 Å². The van der Waals surface area contributed by atoms with Crippen LogP contribution in [-0.4, -0.2) is 29.5 Å². The highest BCUT2D eigenvalue weighted by atomic mass is 16.2. The summed E-state index contributed by atoms with van der Waals surface area (Å²) in [6, 6.07) is 16.1. The Kier molecular flexibility index (Phi) is 4.65. The molecule has 5 nitrogen and oxygen atoms in total. The third-order valence-corrected chi connectivity index (χ3v) is 4.62. The molecular formula is C20H20N2O3. The predicted octanol–water partition coefficient (Wildman–Crippen LogP) is 3.05. The van der Waals surface area contributed by atoms with Crippen LogP contribution in [0.2, 0.25) is 0 Å². The van der Waals surface area contributed by atoms with E-state index >= 15 is 0 Å². The second-order valence-electron chi connectivity index (χ2n) is 6.29. The third kappa shape index (κ3) is 3.45. The average Bonchev–Trinajstić information content (AvgIpc) is 2.91. The summed E-state index contributed by atoms with van der Waals surface area (Å²) in [6.45, 7) is 1.50. The Balaban J connectivity index is 1.80. The maximum Gasteiger partial charge on any atom is 0.230 e. The van der Waals surface area contributed by atoms with Gasteiger partial charge in [0.05, 0.1) is 12.0 Å². The fraction of sp³-hybridized carbons (Fsp3) is 0.250. The van der Waals surface area contributed by atoms with Gasteiger partial charge in [-0.1, -0.05) is 30.3 Å². The molecule has 25 heavy (non-hydrogen) atoms. The van der Waals surface area contributed by atoms with Crippen LogP contribution in [0.25, 0.3) is 0 Å². The van der Waals surface area contributed by atoms with Gasteiger partial charge in [-0.3, -0.25) is 14.4 Å². The molecule has 5 heteroatoms. The largest absolute Gasteiger partial charge is 0.338 e. The molecule has 0 radical (unpaired) electrons. The molecule has 0 bridgehead atoms. The summed E-state index contributed by atoms with van der Waals surface area (Å²) in [4.78, 5) is 37.9. The molecule has 0 spiro atoms. The highest BCUT2D eigenvalue weighted by Crippen LogP contribution is 2.37. The minimum atomic E-state index is -0.451. The molecule has 2 aromatic rings. The summed E-state index contributed by atoms with van der Waals surface area (Å²) in [5, 5.41) is 2.86. The number of anilines is 1. The van der Waals surface area contributed by atoms with Gasteiger partial charge in [0.25, 0.3) is 0 Å². The van der Waals surface area contributed by atoms with Gasteiger partial charge in [-0.05, 0) is 36.8 Å². The number of amides is 2. The fourth-order valence-corrected chi connectivity index (χ4v) is 3.23. The van der Waals surface area contributed by atoms with E-state index in [1.165, 1.54) is 6.92 Å². The van der Waals surface area contributed by atoms with E-state index in [1.54, 1.807) is 36.2 Å². The lowest BCUT2D eigenvalue weighted by Crippen LogP contribution is -2.30. The molecule has 128 valence electrons. The van der Waals surface area contributed by atoms with Gasteiger partial charge in [0, 0.05) is 24.7 Å². The summed E-state index contributed by atoms with van der Waals surface area (Å²) >= 11 is 0. The van der Waals surface area contributed by atoms with E-state index in [0.717, 1.165) is 5.56 Å². The second-order valence-corrected chi connectivity index (χ2v) is 6.29. The van der Waals surface area contributed by atoms with Crippen LogP contribution < -0.4 is 5.32 Å². The monoisotopic (exact) mass is 336 g/mol. The molecule has 0 aliphatic carbocycles. The van der Waals surface area contributed by atoms with E-state index in [1.807, 2.05) is 30.3 Å². The lowest BCUT2D eigenvalue weighted by Gasteiger charge is -2.25. The van der Waals surface area contributed by atoms with E-state index in [-0.39, 0.29) is 30.1 Å². The molecule has 3 rings (SSSR count). The second kappa shape index (κ2) is 6.89. The quantitative estimate of drug-likeness (QED) is 0.873. The van der Waals surface area contributed by atoms with Gasteiger partial charge >= 0.3 is 0 Å². The Hall–Kier alpha value is -2.95. The highest BCUT2D eigenvalue weighted by Gasteiger charge is 2.42. The summed E-state index contributed by atoms with van der Waals surface area (Å²) < 4.78 is 0. The number of nitrogens with zero attached hydrogens (tertiary/aromatic N) is 1. The molecule has 2 atom stereocenters. The fourth-order valence-electron chi connectivity index (χ4n) is 3.23. The number of carbonyl (C=O) groups is 3. The molecule has 1 aliphatic heterocycles. The van der Waals surface area contributed by atoms with Crippen LogP contribution in [0.1, 0.15) is 35.3 Å². The predicted molar refractivity (Wildman–Crippen MR) is 95.1 cm³/mol. The molecule has 0 unspecified atom stereocenters. The van der Waals surface area contributed by atoms with Crippen molar-refractivity contribution >= 4 is 23.3 Å². The standard InChI is InChI=1S/C20H20N2O3/c1-13(23)14-8-10-16(11-9-14)21-20(25)17-12-18(24)22(2)19(17)15-6-4-3-5-7-15/h3-11,17,19H,12H2,1-2H3,(H,21,25)/t17-,19+/m0/s1. The summed E-state index contributed by atoms with van der Waals surface area (Å²) in [5.74, 6) is -0.708. The Morgan fingerprint density at radius 2 is 1.68 bits per heavy atom. The van der Waals surface area contributed by atoms with Crippen LogP contribution in [0.5, 0.6) is 0 Å². The first-order valence-electron chi connectivity index (χ1n) is 8.20. The Labute approximate surface area is 146 Å². The molecule has 1 aliphatic rings. The Morgan fingerprint density at radius 3 is 2.28 bits per heavy atom. The van der Waals surface area contributed by atoms with E-state index in [4.69, 9.17) is 0 Å². The van der Waals surface area contributed by atoms with Gasteiger partial charge in [-0.2, -0.15) is 0 Å². The maximum atomic E-state index is 12.8. The van der Waals surface area contributed by atoms with Gasteiger partial charge in [0.15, 0.2) is 5.78 Å². The average molecular weight is 336 g/mol. The number of benzene rings is 2. The van der Waals surface area contributed by atoms with E-state index in [2.05, 4.69) is 5.32 Å². The number of carbonyl (C=O) groups excluding carboxylic acids is 3. The molecule has 1 saturated heterocycles. The number of hydrogen-bond donors (Lipinski definition) is 1. The molecule has 1 fully saturated rings. The van der Waals surface area contributed by atoms with Crippen molar-refractivity contribution in [3.05, 3.63) is 65.7 Å². The number of ketones is 1. The lowest BCUT2D eigenvalue weighted by molar-refractivity contribution is -0.127. The summed E-state index contributed by atoms with van der Waals surface area (Å²) in [7, 11) is 1.73. The lowest BCUT2D eigenvalue weighted by atomic mass is 9.93. The Bertz CT molecular complexity index is 799. The number of likely N-dealkylation sites (tertiary alicyclic amines) is 1. The van der Waals surface area contributed by atoms with Crippen LogP contribution in [-0.2, 0) is 9.59 Å². The van der Waals surface area contributed by atoms with Crippen LogP contribution in [0.3, 0.4) is 0 Å². The summed E-state index contributed by atoms with van der Waals surface area (Å²) in [5.41, 5.74) is 2.16. The minimum absolute atomic E-state index is 0.0231. The SMILES string of the molecule is CC(=O)c1ccc(NC(=O)[C@H]2CC(=O)N(C)[C@@H]2c2ccccc2)cc1. The van der Waals surface area contributed by atoms with Crippen molar-refractivity contribution in [1.29, 1.82) is 0 Å². The molecule has 0 saturated carbocycles. The Morgan fingerprint density at radius 1 is 1.04 bits per heavy atom. The van der Waals surface area contributed by atoms with Gasteiger partial charge in [0.1, 0.15) is 0 Å². The van der Waals surface area contributed by atoms with Crippen LogP contribution in [0.15, 0.2) is 54.6 Å². The van der Waals surface area contributed by atoms with Crippen molar-refractivity contribution in [2.75, 3.05) is 12.4 Å². The number of rotatable bonds is 4. The molecule has 2 aromatic carbocycles. The highest BCUT2D eigenvalue weighted by molar-refractivity contribution is 5.99. The van der Waals surface area contributed by atoms with E-state index in [0.29, 0.717) is 11.3 Å². The first-order chi connectivity index (χ1) is 12.0. The minimum Gasteiger partial charge on any atom is -0.338 e. The van der Waals surface area contributed by atoms with Gasteiger partial charge in [-0.15, -0.1) is 0 Å². The third-order valence-electron chi connectivity index (χ3n) is 4.62. The zero-order valence-corrected chi connectivity index (χ0v) is 14.2. The maximum absolute atomic E-state index is 12.8. The molecular weight excluding hydrogens is 316 g/mol. The van der Waals surface area contributed by atoms with Crippen molar-refractivity contribution in [3.8, 4) is 0 Å². The van der Waals surface area contributed by atoms with E-state index < -0.39 is 5.92 Å². The van der Waals surface area contributed by atoms with Gasteiger partial charge in [-0.25, -0.2) is 0 Å². The van der Waals surface area contributed by atoms with Crippen molar-refractivity contribution in [2.45, 2.75) is 19.4 Å². The first kappa shape index (κ1) is 16.9. The number of hydrogen-bond acceptors (Lipinski definition) is 3. The molecule has 1 N–H and O–H groups in total. The van der Waals surface area contributed by atoms with Crippen molar-refractivity contribution < 1.29 is 14.4 Å². The van der Waals surface area contributed by atoms with Gasteiger partial charge < -0.3 is 10.2 Å². The van der Waals surface area contributed by atoms with E-state index in [9.17, 15) is 14.4 Å². The zero-order valence-electron chi connectivity index (χ0n) is 14.2. The van der Waals surface area contributed by atoms with Crippen LogP contribution >= 0.6 is 0 Å². The smallest absolute Gasteiger partial charge is 0.230 e. The number of nitrogens with one attached hydrogen (secondary N) is 1. The molecule has 2 amide bonds. The zero-order chi connectivity index (χ0) is 18.0. The van der Waals surface area contributed by atoms with Crippen LogP contribution in [0.4, 0.5) is 5.69 Å². The number of Topliss-reactive ketones (excluding diaryl/α,β-unsaturated/α-hetero) is 1. The first-order valence-corrected chi connectivity index (χ1v) is 8.20. The summed E-state index contributed by atoms with van der Waals surface area (Å²) in [6.07, 6.45) is 0.188. The van der Waals surface area contributed by atoms with Crippen molar-refractivity contribution in [1.82, 2.24) is 4.90 Å². The normalized spacial score (nSPS) is 19.8.